The molecule has 0 aromatic carbocycles. The number of piperazine rings is 1. The molecule has 20 heavy (non-hydrogen) atoms. The predicted molar refractivity (Wildman–Crippen MR) is 78.5 cm³/mol. The van der Waals surface area contributed by atoms with Gasteiger partial charge in [0.05, 0.1) is 5.75 Å². The van der Waals surface area contributed by atoms with E-state index in [1.54, 1.807) is 0 Å². The second kappa shape index (κ2) is 6.24. The number of rotatable bonds is 4. The first-order valence-electron chi connectivity index (χ1n) is 5.94. The lowest BCUT2D eigenvalue weighted by atomic mass is 10.3. The third-order valence-corrected chi connectivity index (χ3v) is 5.13. The fraction of sp³-hybridized carbons (Fsp3) is 0.600. The van der Waals surface area contributed by atoms with Crippen molar-refractivity contribution in [3.8, 4) is 6.07 Å². The maximum atomic E-state index is 10.9. The minimum atomic E-state index is -3.42. The van der Waals surface area contributed by atoms with Gasteiger partial charge >= 0.3 is 0 Å². The molecule has 1 fully saturated rings. The average molecular weight is 336 g/mol. The molecule has 0 radical (unpaired) electrons. The Hall–Kier alpha value is -0.920. The molecule has 1 aromatic rings. The van der Waals surface area contributed by atoms with E-state index in [9.17, 15) is 8.42 Å². The minimum absolute atomic E-state index is 0.0389. The van der Waals surface area contributed by atoms with E-state index in [-0.39, 0.29) is 10.9 Å². The van der Waals surface area contributed by atoms with E-state index < -0.39 is 10.0 Å². The molecule has 0 atom stereocenters. The molecular weight excluding hydrogens is 322 g/mol. The Morgan fingerprint density at radius 3 is 2.60 bits per heavy atom. The van der Waals surface area contributed by atoms with E-state index in [4.69, 9.17) is 22.0 Å². The summed E-state index contributed by atoms with van der Waals surface area (Å²) < 4.78 is 25.8. The fourth-order valence-electron chi connectivity index (χ4n) is 2.00. The number of anilines is 1. The second-order valence-corrected chi connectivity index (χ2v) is 7.30. The summed E-state index contributed by atoms with van der Waals surface area (Å²) in [4.78, 5) is 4.09. The highest BCUT2D eigenvalue weighted by Gasteiger charge is 2.23. The Labute approximate surface area is 126 Å². The summed E-state index contributed by atoms with van der Waals surface area (Å²) in [5.74, 6) is -0.0389. The maximum Gasteiger partial charge on any atom is 0.210 e. The van der Waals surface area contributed by atoms with Crippen LogP contribution in [0.25, 0.3) is 0 Å². The third kappa shape index (κ3) is 3.80. The molecule has 0 saturated carbocycles. The number of hydrogen-bond acceptors (Lipinski definition) is 7. The van der Waals surface area contributed by atoms with Crippen molar-refractivity contribution in [2.45, 2.75) is 0 Å². The molecule has 1 saturated heterocycles. The summed E-state index contributed by atoms with van der Waals surface area (Å²) in [5, 5.41) is 15.1. The molecule has 10 heteroatoms. The van der Waals surface area contributed by atoms with Crippen molar-refractivity contribution in [3.05, 3.63) is 10.7 Å². The molecule has 0 amide bonds. The number of nitrogens with two attached hydrogens (primary N) is 1. The molecular formula is C10H14ClN5O2S2. The number of sulfonamides is 1. The van der Waals surface area contributed by atoms with Crippen LogP contribution in [0.5, 0.6) is 0 Å². The molecule has 110 valence electrons. The third-order valence-electron chi connectivity index (χ3n) is 3.10. The summed E-state index contributed by atoms with van der Waals surface area (Å²) in [5.41, 5.74) is 0.412. The van der Waals surface area contributed by atoms with Gasteiger partial charge in [0.1, 0.15) is 16.6 Å². The number of nitriles is 1. The highest BCUT2D eigenvalue weighted by molar-refractivity contribution is 7.89. The summed E-state index contributed by atoms with van der Waals surface area (Å²) in [6.07, 6.45) is 0. The van der Waals surface area contributed by atoms with Crippen molar-refractivity contribution >= 4 is 38.2 Å². The normalized spacial score (nSPS) is 17.1. The Balaban J connectivity index is 1.93. The van der Waals surface area contributed by atoms with Crippen LogP contribution in [0, 0.1) is 11.3 Å². The molecule has 2 rings (SSSR count). The van der Waals surface area contributed by atoms with Crippen LogP contribution in [0.4, 0.5) is 5.00 Å². The Bertz CT molecular complexity index is 616. The van der Waals surface area contributed by atoms with Crippen molar-refractivity contribution in [3.63, 3.8) is 0 Å². The zero-order chi connectivity index (χ0) is 14.8. The van der Waals surface area contributed by atoms with Gasteiger partial charge in [0.25, 0.3) is 0 Å². The monoisotopic (exact) mass is 335 g/mol. The fourth-order valence-corrected chi connectivity index (χ4v) is 3.60. The lowest BCUT2D eigenvalue weighted by Crippen LogP contribution is -2.47. The molecule has 1 aromatic heterocycles. The summed E-state index contributed by atoms with van der Waals surface area (Å²) >= 11 is 7.07. The quantitative estimate of drug-likeness (QED) is 0.835. The van der Waals surface area contributed by atoms with Crippen LogP contribution < -0.4 is 10.0 Å². The van der Waals surface area contributed by atoms with Gasteiger partial charge in [0.15, 0.2) is 5.15 Å². The average Bonchev–Trinajstić information content (AvgIpc) is 2.77. The van der Waals surface area contributed by atoms with Gasteiger partial charge in [-0.25, -0.2) is 13.6 Å². The van der Waals surface area contributed by atoms with Crippen LogP contribution >= 0.6 is 23.1 Å². The maximum absolute atomic E-state index is 10.9. The highest BCUT2D eigenvalue weighted by atomic mass is 35.5. The topological polar surface area (TPSA) is 103 Å². The highest BCUT2D eigenvalue weighted by Crippen LogP contribution is 2.31. The minimum Gasteiger partial charge on any atom is -0.358 e. The summed E-state index contributed by atoms with van der Waals surface area (Å²) in [6, 6.07) is 2.06. The van der Waals surface area contributed by atoms with E-state index in [1.165, 1.54) is 11.5 Å². The Morgan fingerprint density at radius 2 is 2.05 bits per heavy atom. The molecule has 1 aliphatic heterocycles. The molecule has 2 N–H and O–H groups in total. The molecule has 0 spiro atoms. The van der Waals surface area contributed by atoms with Crippen LogP contribution in [-0.2, 0) is 10.0 Å². The number of nitrogens with zero attached hydrogens (tertiary/aromatic N) is 4. The van der Waals surface area contributed by atoms with Crippen molar-refractivity contribution in [1.82, 2.24) is 9.27 Å². The van der Waals surface area contributed by atoms with Crippen molar-refractivity contribution < 1.29 is 8.42 Å². The molecule has 0 aliphatic carbocycles. The van der Waals surface area contributed by atoms with Crippen LogP contribution in [0.15, 0.2) is 0 Å². The smallest absolute Gasteiger partial charge is 0.210 e. The SMILES string of the molecule is N#Cc1c(Cl)nsc1N1CCN(CCS(N)(=O)=O)CC1. The summed E-state index contributed by atoms with van der Waals surface area (Å²) in [7, 11) is -3.42. The van der Waals surface area contributed by atoms with E-state index in [0.717, 1.165) is 18.1 Å². The molecule has 0 bridgehead atoms. The van der Waals surface area contributed by atoms with Gasteiger partial charge in [-0.3, -0.25) is 4.90 Å². The Morgan fingerprint density at radius 1 is 1.40 bits per heavy atom. The van der Waals surface area contributed by atoms with Gasteiger partial charge in [0.2, 0.25) is 10.0 Å². The molecule has 1 aliphatic rings. The van der Waals surface area contributed by atoms with Gasteiger partial charge in [-0.15, -0.1) is 0 Å². The lowest BCUT2D eigenvalue weighted by Gasteiger charge is -2.34. The zero-order valence-electron chi connectivity index (χ0n) is 10.6. The van der Waals surface area contributed by atoms with Gasteiger partial charge < -0.3 is 4.90 Å². The Kier molecular flexibility index (Phi) is 4.82. The largest absolute Gasteiger partial charge is 0.358 e. The van der Waals surface area contributed by atoms with E-state index in [1.807, 2.05) is 4.90 Å². The first-order chi connectivity index (χ1) is 9.40. The zero-order valence-corrected chi connectivity index (χ0v) is 13.0. The summed E-state index contributed by atoms with van der Waals surface area (Å²) in [6.45, 7) is 3.28. The first kappa shape index (κ1) is 15.5. The van der Waals surface area contributed by atoms with Gasteiger partial charge in [-0.2, -0.15) is 9.64 Å². The van der Waals surface area contributed by atoms with Crippen LogP contribution in [0.3, 0.4) is 0 Å². The standard InChI is InChI=1S/C10H14ClN5O2S2/c11-9-8(7-12)10(19-14-9)16-3-1-15(2-4-16)5-6-20(13,17)18/h1-6H2,(H2,13,17,18). The molecule has 2 heterocycles. The number of hydrogen-bond donors (Lipinski definition) is 1. The van der Waals surface area contributed by atoms with Gasteiger partial charge in [0, 0.05) is 32.7 Å². The number of aromatic nitrogens is 1. The van der Waals surface area contributed by atoms with Crippen LogP contribution in [0.2, 0.25) is 5.15 Å². The van der Waals surface area contributed by atoms with Crippen LogP contribution in [0.1, 0.15) is 5.56 Å². The molecule has 0 unspecified atom stereocenters. The number of primary sulfonamides is 1. The van der Waals surface area contributed by atoms with Crippen LogP contribution in [-0.4, -0.2) is 56.2 Å². The predicted octanol–water partition coefficient (Wildman–Crippen LogP) is 0.0787. The van der Waals surface area contributed by atoms with Gasteiger partial charge in [-0.1, -0.05) is 11.6 Å². The first-order valence-corrected chi connectivity index (χ1v) is 8.80. The van der Waals surface area contributed by atoms with Crippen molar-refractivity contribution in [2.75, 3.05) is 43.4 Å². The van der Waals surface area contributed by atoms with E-state index >= 15 is 0 Å². The number of halogens is 1. The van der Waals surface area contributed by atoms with E-state index in [2.05, 4.69) is 15.3 Å². The van der Waals surface area contributed by atoms with Gasteiger partial charge in [-0.05, 0) is 11.5 Å². The van der Waals surface area contributed by atoms with Crippen molar-refractivity contribution in [2.24, 2.45) is 5.14 Å². The van der Waals surface area contributed by atoms with Crippen molar-refractivity contribution in [1.29, 1.82) is 5.26 Å². The molecule has 7 nitrogen and oxygen atoms in total. The second-order valence-electron chi connectivity index (χ2n) is 4.46. The van der Waals surface area contributed by atoms with E-state index in [0.29, 0.717) is 25.2 Å². The lowest BCUT2D eigenvalue weighted by molar-refractivity contribution is 0.272.